The maximum absolute atomic E-state index is 11.5. The standard InChI is InChI=1S/C15H18N2O2/c1-4-17-10-16-9-13(17)11-7-5-6-8-12(11)15(2,3)14(18)19/h5-10H,4H2,1-3H3,(H,18,19). The molecule has 1 N–H and O–H groups in total. The molecule has 4 heteroatoms. The van der Waals surface area contributed by atoms with Gasteiger partial charge in [-0.05, 0) is 26.3 Å². The van der Waals surface area contributed by atoms with Crippen LogP contribution in [-0.2, 0) is 16.8 Å². The number of aliphatic carboxylic acids is 1. The summed E-state index contributed by atoms with van der Waals surface area (Å²) in [6, 6.07) is 7.61. The molecule has 100 valence electrons. The van der Waals surface area contributed by atoms with Crippen molar-refractivity contribution in [3.05, 3.63) is 42.4 Å². The van der Waals surface area contributed by atoms with Gasteiger partial charge in [0.1, 0.15) is 0 Å². The monoisotopic (exact) mass is 258 g/mol. The van der Waals surface area contributed by atoms with Crippen molar-refractivity contribution in [3.63, 3.8) is 0 Å². The van der Waals surface area contributed by atoms with Crippen molar-refractivity contribution in [3.8, 4) is 11.3 Å². The Morgan fingerprint density at radius 1 is 1.37 bits per heavy atom. The minimum atomic E-state index is -0.931. The zero-order valence-electron chi connectivity index (χ0n) is 11.4. The van der Waals surface area contributed by atoms with Crippen molar-refractivity contribution >= 4 is 5.97 Å². The Hall–Kier alpha value is -2.10. The Bertz CT molecular complexity index is 600. The molecule has 0 atom stereocenters. The highest BCUT2D eigenvalue weighted by molar-refractivity contribution is 5.84. The predicted molar refractivity (Wildman–Crippen MR) is 74.0 cm³/mol. The summed E-state index contributed by atoms with van der Waals surface area (Å²) in [6.07, 6.45) is 3.54. The Labute approximate surface area is 112 Å². The topological polar surface area (TPSA) is 55.1 Å². The molecule has 0 aliphatic rings. The molecule has 0 bridgehead atoms. The van der Waals surface area contributed by atoms with Gasteiger partial charge in [0, 0.05) is 12.1 Å². The molecule has 0 saturated heterocycles. The van der Waals surface area contributed by atoms with Crippen molar-refractivity contribution < 1.29 is 9.90 Å². The molecule has 1 heterocycles. The van der Waals surface area contributed by atoms with Crippen LogP contribution in [0.25, 0.3) is 11.3 Å². The van der Waals surface area contributed by atoms with Gasteiger partial charge in [-0.3, -0.25) is 4.79 Å². The first-order chi connectivity index (χ1) is 8.98. The highest BCUT2D eigenvalue weighted by Gasteiger charge is 2.32. The molecule has 0 aliphatic heterocycles. The second-order valence-corrected chi connectivity index (χ2v) is 5.04. The Morgan fingerprint density at radius 2 is 2.05 bits per heavy atom. The Balaban J connectivity index is 2.63. The van der Waals surface area contributed by atoms with E-state index in [1.165, 1.54) is 0 Å². The fourth-order valence-electron chi connectivity index (χ4n) is 2.16. The highest BCUT2D eigenvalue weighted by atomic mass is 16.4. The van der Waals surface area contributed by atoms with Gasteiger partial charge in [0.05, 0.1) is 23.6 Å². The van der Waals surface area contributed by atoms with Gasteiger partial charge in [-0.25, -0.2) is 4.98 Å². The number of nitrogens with zero attached hydrogens (tertiary/aromatic N) is 2. The molecule has 0 unspecified atom stereocenters. The van der Waals surface area contributed by atoms with E-state index in [2.05, 4.69) is 4.98 Å². The summed E-state index contributed by atoms with van der Waals surface area (Å²) in [5.41, 5.74) is 1.75. The third-order valence-electron chi connectivity index (χ3n) is 3.46. The number of carboxylic acid groups (broad SMARTS) is 1. The Kier molecular flexibility index (Phi) is 3.42. The van der Waals surface area contributed by atoms with E-state index in [1.807, 2.05) is 35.8 Å². The summed E-state index contributed by atoms with van der Waals surface area (Å²) in [5.74, 6) is -0.831. The van der Waals surface area contributed by atoms with Crippen LogP contribution in [0.4, 0.5) is 0 Å². The van der Waals surface area contributed by atoms with E-state index in [9.17, 15) is 9.90 Å². The van der Waals surface area contributed by atoms with E-state index in [-0.39, 0.29) is 0 Å². The van der Waals surface area contributed by atoms with E-state index in [1.54, 1.807) is 26.4 Å². The van der Waals surface area contributed by atoms with Gasteiger partial charge in [-0.15, -0.1) is 0 Å². The lowest BCUT2D eigenvalue weighted by Gasteiger charge is -2.23. The number of hydrogen-bond donors (Lipinski definition) is 1. The molecule has 4 nitrogen and oxygen atoms in total. The number of rotatable bonds is 4. The fraction of sp³-hybridized carbons (Fsp3) is 0.333. The third kappa shape index (κ3) is 2.26. The number of carbonyl (C=O) groups is 1. The molecule has 0 saturated carbocycles. The van der Waals surface area contributed by atoms with Crippen LogP contribution in [0.2, 0.25) is 0 Å². The van der Waals surface area contributed by atoms with Crippen molar-refractivity contribution in [2.24, 2.45) is 0 Å². The second kappa shape index (κ2) is 4.88. The van der Waals surface area contributed by atoms with E-state index >= 15 is 0 Å². The summed E-state index contributed by atoms with van der Waals surface area (Å²) >= 11 is 0. The van der Waals surface area contributed by atoms with Gasteiger partial charge in [0.2, 0.25) is 0 Å². The minimum absolute atomic E-state index is 0.803. The van der Waals surface area contributed by atoms with Gasteiger partial charge < -0.3 is 9.67 Å². The van der Waals surface area contributed by atoms with E-state index in [4.69, 9.17) is 0 Å². The van der Waals surface area contributed by atoms with Crippen molar-refractivity contribution in [1.82, 2.24) is 9.55 Å². The molecule has 1 aromatic heterocycles. The number of benzene rings is 1. The lowest BCUT2D eigenvalue weighted by molar-refractivity contribution is -0.142. The van der Waals surface area contributed by atoms with Gasteiger partial charge in [0.15, 0.2) is 0 Å². The fourth-order valence-corrected chi connectivity index (χ4v) is 2.16. The molecule has 1 aromatic carbocycles. The Morgan fingerprint density at radius 3 is 2.68 bits per heavy atom. The summed E-state index contributed by atoms with van der Waals surface area (Å²) < 4.78 is 2.01. The van der Waals surface area contributed by atoms with Gasteiger partial charge in [0.25, 0.3) is 0 Å². The maximum atomic E-state index is 11.5. The number of hydrogen-bond acceptors (Lipinski definition) is 2. The molecule has 0 aliphatic carbocycles. The van der Waals surface area contributed by atoms with Crippen LogP contribution in [0.1, 0.15) is 26.3 Å². The van der Waals surface area contributed by atoms with Crippen LogP contribution in [0, 0.1) is 0 Å². The number of carboxylic acids is 1. The van der Waals surface area contributed by atoms with E-state index < -0.39 is 11.4 Å². The first-order valence-corrected chi connectivity index (χ1v) is 6.32. The third-order valence-corrected chi connectivity index (χ3v) is 3.46. The quantitative estimate of drug-likeness (QED) is 0.917. The predicted octanol–water partition coefficient (Wildman–Crippen LogP) is 2.93. The smallest absolute Gasteiger partial charge is 0.313 e. The zero-order chi connectivity index (χ0) is 14.0. The lowest BCUT2D eigenvalue weighted by Crippen LogP contribution is -2.29. The summed E-state index contributed by atoms with van der Waals surface area (Å²) in [7, 11) is 0. The average molecular weight is 258 g/mol. The van der Waals surface area contributed by atoms with Crippen molar-refractivity contribution in [1.29, 1.82) is 0 Å². The molecule has 0 radical (unpaired) electrons. The largest absolute Gasteiger partial charge is 0.481 e. The number of aryl methyl sites for hydroxylation is 1. The number of aromatic nitrogens is 2. The van der Waals surface area contributed by atoms with Crippen molar-refractivity contribution in [2.45, 2.75) is 32.7 Å². The second-order valence-electron chi connectivity index (χ2n) is 5.04. The van der Waals surface area contributed by atoms with Crippen LogP contribution >= 0.6 is 0 Å². The molecule has 0 fully saturated rings. The van der Waals surface area contributed by atoms with Gasteiger partial charge in [-0.1, -0.05) is 24.3 Å². The zero-order valence-corrected chi connectivity index (χ0v) is 11.4. The molecule has 2 rings (SSSR count). The van der Waals surface area contributed by atoms with E-state index in [0.29, 0.717) is 0 Å². The van der Waals surface area contributed by atoms with Crippen LogP contribution in [0.15, 0.2) is 36.8 Å². The normalized spacial score (nSPS) is 11.5. The lowest BCUT2D eigenvalue weighted by atomic mass is 9.81. The van der Waals surface area contributed by atoms with E-state index in [0.717, 1.165) is 23.4 Å². The summed E-state index contributed by atoms with van der Waals surface area (Å²) in [6.45, 7) is 6.29. The molecular formula is C15H18N2O2. The summed E-state index contributed by atoms with van der Waals surface area (Å²) in [4.78, 5) is 15.6. The molecule has 19 heavy (non-hydrogen) atoms. The van der Waals surface area contributed by atoms with Crippen LogP contribution in [-0.4, -0.2) is 20.6 Å². The molecule has 2 aromatic rings. The first kappa shape index (κ1) is 13.3. The SMILES string of the molecule is CCn1cncc1-c1ccccc1C(C)(C)C(=O)O. The number of imidazole rings is 1. The summed E-state index contributed by atoms with van der Waals surface area (Å²) in [5, 5.41) is 9.42. The van der Waals surface area contributed by atoms with Gasteiger partial charge >= 0.3 is 5.97 Å². The maximum Gasteiger partial charge on any atom is 0.313 e. The minimum Gasteiger partial charge on any atom is -0.481 e. The highest BCUT2D eigenvalue weighted by Crippen LogP contribution is 2.33. The van der Waals surface area contributed by atoms with Crippen LogP contribution < -0.4 is 0 Å². The van der Waals surface area contributed by atoms with Crippen LogP contribution in [0.3, 0.4) is 0 Å². The average Bonchev–Trinajstić information content (AvgIpc) is 2.86. The molecular weight excluding hydrogens is 240 g/mol. The van der Waals surface area contributed by atoms with Gasteiger partial charge in [-0.2, -0.15) is 0 Å². The first-order valence-electron chi connectivity index (χ1n) is 6.32. The molecule has 0 amide bonds. The van der Waals surface area contributed by atoms with Crippen LogP contribution in [0.5, 0.6) is 0 Å². The van der Waals surface area contributed by atoms with Crippen molar-refractivity contribution in [2.75, 3.05) is 0 Å². The molecule has 0 spiro atoms.